The Morgan fingerprint density at radius 2 is 0.978 bits per heavy atom. The van der Waals surface area contributed by atoms with Crippen molar-refractivity contribution in [3.05, 3.63) is 0 Å². The molecule has 22 heteroatoms. The van der Waals surface area contributed by atoms with Gasteiger partial charge in [0.25, 0.3) is 0 Å². The van der Waals surface area contributed by atoms with Crippen molar-refractivity contribution in [3.63, 3.8) is 0 Å². The quantitative estimate of drug-likeness (QED) is 0.0926. The largest absolute Gasteiger partial charge is 0.394 e. The Morgan fingerprint density at radius 1 is 0.522 bits per heavy atom. The molecule has 0 bridgehead atoms. The van der Waals surface area contributed by atoms with Crippen LogP contribution in [0.25, 0.3) is 0 Å². The second kappa shape index (κ2) is 16.9. The summed E-state index contributed by atoms with van der Waals surface area (Å²) in [5.41, 5.74) is 0. The first-order chi connectivity index (χ1) is 21.6. The maximum atomic E-state index is 10.1. The number of halogens is 3. The van der Waals surface area contributed by atoms with Crippen LogP contribution in [0.2, 0.25) is 0 Å². The summed E-state index contributed by atoms with van der Waals surface area (Å²) < 4.78 is 31.6. The molecule has 0 aromatic rings. The molecule has 0 amide bonds. The van der Waals surface area contributed by atoms with Gasteiger partial charge in [0.2, 0.25) is 11.6 Å². The Balaban J connectivity index is 0.000000250. The molecule has 4 saturated heterocycles. The van der Waals surface area contributed by atoms with Crippen molar-refractivity contribution in [1.29, 1.82) is 0 Å². The van der Waals surface area contributed by atoms with Crippen molar-refractivity contribution in [1.82, 2.24) is 0 Å². The predicted molar refractivity (Wildman–Crippen MR) is 148 cm³/mol. The molecule has 4 rings (SSSR count). The zero-order valence-corrected chi connectivity index (χ0v) is 26.1. The topological polar surface area (TPSA) is 318 Å². The molecular formula is C24H41Cl3O19. The number of hydrogen-bond donors (Lipinski definition) is 13. The first-order valence-electron chi connectivity index (χ1n) is 14.0. The van der Waals surface area contributed by atoms with E-state index in [1.54, 1.807) is 0 Å². The van der Waals surface area contributed by atoms with Gasteiger partial charge in [-0.05, 0) is 0 Å². The maximum Gasteiger partial charge on any atom is 0.224 e. The SMILES string of the molecule is OCC1OC(OC2(CCl)OC(CCl)C(O)C2O)C(O)C(O)C1Cl.OCC1OC(OC2(CO)OC(CO)C(O)C2O)C(O)C(O)C1O. The molecular weight excluding hydrogens is 699 g/mol. The number of aliphatic hydroxyl groups excluding tert-OH is 13. The van der Waals surface area contributed by atoms with Crippen LogP contribution in [-0.2, 0) is 28.4 Å². The van der Waals surface area contributed by atoms with Gasteiger partial charge >= 0.3 is 0 Å². The van der Waals surface area contributed by atoms with E-state index < -0.39 is 141 Å². The summed E-state index contributed by atoms with van der Waals surface area (Å²) in [4.78, 5) is 0. The fourth-order valence-corrected chi connectivity index (χ4v) is 6.01. The molecule has 0 saturated carbocycles. The number of alkyl halides is 3. The number of aliphatic hydroxyl groups is 13. The van der Waals surface area contributed by atoms with Gasteiger partial charge in [-0.15, -0.1) is 34.8 Å². The van der Waals surface area contributed by atoms with Gasteiger partial charge in [-0.3, -0.25) is 0 Å². The minimum Gasteiger partial charge on any atom is -0.394 e. The number of ether oxygens (including phenoxy) is 6. The van der Waals surface area contributed by atoms with Crippen molar-refractivity contribution in [2.45, 2.75) is 109 Å². The fraction of sp³-hybridized carbons (Fsp3) is 1.00. The highest BCUT2D eigenvalue weighted by molar-refractivity contribution is 6.21. The second-order valence-corrected chi connectivity index (χ2v) is 12.1. The average Bonchev–Trinajstić information content (AvgIpc) is 3.45. The highest BCUT2D eigenvalue weighted by Crippen LogP contribution is 2.38. The molecule has 4 heterocycles. The first kappa shape index (κ1) is 40.5. The van der Waals surface area contributed by atoms with Gasteiger partial charge < -0.3 is 94.8 Å². The van der Waals surface area contributed by atoms with Crippen molar-refractivity contribution in [3.8, 4) is 0 Å². The monoisotopic (exact) mass is 738 g/mol. The van der Waals surface area contributed by atoms with E-state index >= 15 is 0 Å². The summed E-state index contributed by atoms with van der Waals surface area (Å²) in [6, 6.07) is 0. The van der Waals surface area contributed by atoms with Crippen molar-refractivity contribution in [2.24, 2.45) is 0 Å². The molecule has 19 nitrogen and oxygen atoms in total. The Morgan fingerprint density at radius 3 is 1.43 bits per heavy atom. The number of hydrogen-bond acceptors (Lipinski definition) is 19. The van der Waals surface area contributed by atoms with Gasteiger partial charge in [0.15, 0.2) is 12.6 Å². The van der Waals surface area contributed by atoms with Gasteiger partial charge in [-0.25, -0.2) is 0 Å². The Labute approximate surface area is 276 Å². The molecule has 4 aliphatic rings. The Kier molecular flexibility index (Phi) is 14.9. The van der Waals surface area contributed by atoms with Crippen LogP contribution < -0.4 is 0 Å². The predicted octanol–water partition coefficient (Wildman–Crippen LogP) is -7.05. The smallest absolute Gasteiger partial charge is 0.224 e. The molecule has 0 aromatic heterocycles. The molecule has 272 valence electrons. The first-order valence-corrected chi connectivity index (χ1v) is 15.5. The highest BCUT2D eigenvalue weighted by Gasteiger charge is 2.59. The normalized spacial score (nSPS) is 51.1. The molecule has 0 spiro atoms. The maximum absolute atomic E-state index is 10.1. The van der Waals surface area contributed by atoms with Crippen LogP contribution in [0.15, 0.2) is 0 Å². The van der Waals surface area contributed by atoms with E-state index in [4.69, 9.17) is 73.4 Å². The third-order valence-corrected chi connectivity index (χ3v) is 9.25. The molecule has 4 fully saturated rings. The molecule has 13 N–H and O–H groups in total. The minimum absolute atomic E-state index is 0.125. The highest BCUT2D eigenvalue weighted by atomic mass is 35.5. The molecule has 18 atom stereocenters. The van der Waals surface area contributed by atoms with Crippen LogP contribution >= 0.6 is 34.8 Å². The molecule has 18 unspecified atom stereocenters. The van der Waals surface area contributed by atoms with Crippen molar-refractivity contribution >= 4 is 34.8 Å². The third-order valence-electron chi connectivity index (χ3n) is 8.03. The zero-order chi connectivity index (χ0) is 34.7. The van der Waals surface area contributed by atoms with Crippen LogP contribution in [0.4, 0.5) is 0 Å². The Bertz CT molecular complexity index is 871. The van der Waals surface area contributed by atoms with Gasteiger partial charge in [0.05, 0.1) is 37.0 Å². The van der Waals surface area contributed by atoms with E-state index in [0.29, 0.717) is 0 Å². The van der Waals surface area contributed by atoms with E-state index in [-0.39, 0.29) is 5.88 Å². The van der Waals surface area contributed by atoms with E-state index in [1.165, 1.54) is 0 Å². The van der Waals surface area contributed by atoms with Crippen molar-refractivity contribution in [2.75, 3.05) is 38.2 Å². The lowest BCUT2D eigenvalue weighted by Crippen LogP contribution is -2.62. The fourth-order valence-electron chi connectivity index (χ4n) is 5.19. The van der Waals surface area contributed by atoms with Gasteiger partial charge in [-0.1, -0.05) is 0 Å². The van der Waals surface area contributed by atoms with Crippen LogP contribution in [0, 0.1) is 0 Å². The summed E-state index contributed by atoms with van der Waals surface area (Å²) >= 11 is 17.3. The molecule has 0 aliphatic carbocycles. The molecule has 0 radical (unpaired) electrons. The lowest BCUT2D eigenvalue weighted by molar-refractivity contribution is -0.383. The van der Waals surface area contributed by atoms with E-state index in [0.717, 1.165) is 0 Å². The second-order valence-electron chi connectivity index (χ2n) is 11.0. The van der Waals surface area contributed by atoms with Crippen molar-refractivity contribution < 1.29 is 94.8 Å². The number of rotatable bonds is 10. The van der Waals surface area contributed by atoms with Gasteiger partial charge in [0.1, 0.15) is 86.0 Å². The lowest BCUT2D eigenvalue weighted by atomic mass is 9.99. The summed E-state index contributed by atoms with van der Waals surface area (Å²) in [7, 11) is 0. The van der Waals surface area contributed by atoms with Gasteiger partial charge in [0, 0.05) is 0 Å². The lowest BCUT2D eigenvalue weighted by Gasteiger charge is -2.43. The standard InChI is InChI=1S/C12H19Cl3O8.C12H22O11/c13-1-4-7(17)10(20)12(3-14,22-4)23-11-9(19)8(18)6(15)5(2-16)21-11;13-1-4-6(16)8(18)9(19)11(21-4)23-12(3-15)10(20)7(17)5(2-14)22-12/h4-11,16-20H,1-3H2;4-11,13-20H,1-3H2. The molecule has 4 aliphatic heterocycles. The molecule has 0 aromatic carbocycles. The summed E-state index contributed by atoms with van der Waals surface area (Å²) in [6.07, 6.45) is -22.0. The summed E-state index contributed by atoms with van der Waals surface area (Å²) in [5.74, 6) is -4.65. The Hall–Kier alpha value is 0.110. The van der Waals surface area contributed by atoms with E-state index in [1.807, 2.05) is 0 Å². The van der Waals surface area contributed by atoms with Crippen LogP contribution in [0.3, 0.4) is 0 Å². The molecule has 46 heavy (non-hydrogen) atoms. The van der Waals surface area contributed by atoms with Crippen LogP contribution in [0.1, 0.15) is 0 Å². The van der Waals surface area contributed by atoms with E-state index in [2.05, 4.69) is 0 Å². The van der Waals surface area contributed by atoms with Crippen LogP contribution in [0.5, 0.6) is 0 Å². The zero-order valence-electron chi connectivity index (χ0n) is 23.9. The van der Waals surface area contributed by atoms with E-state index in [9.17, 15) is 56.2 Å². The summed E-state index contributed by atoms with van der Waals surface area (Å²) in [6.45, 7) is -2.85. The van der Waals surface area contributed by atoms with Gasteiger partial charge in [-0.2, -0.15) is 0 Å². The minimum atomic E-state index is -2.22. The average molecular weight is 740 g/mol. The summed E-state index contributed by atoms with van der Waals surface area (Å²) in [5, 5.41) is 125. The third kappa shape index (κ3) is 7.86. The van der Waals surface area contributed by atoms with Crippen LogP contribution in [-0.4, -0.2) is 213 Å².